The third kappa shape index (κ3) is 4.06. The van der Waals surface area contributed by atoms with E-state index in [-0.39, 0.29) is 21.1 Å². The van der Waals surface area contributed by atoms with Crippen molar-refractivity contribution in [3.8, 4) is 17.3 Å². The number of rotatable bonds is 3. The summed E-state index contributed by atoms with van der Waals surface area (Å²) in [5, 5.41) is 5.55. The van der Waals surface area contributed by atoms with E-state index in [1.807, 2.05) is 24.5 Å². The van der Waals surface area contributed by atoms with Crippen molar-refractivity contribution in [1.82, 2.24) is 14.5 Å². The summed E-state index contributed by atoms with van der Waals surface area (Å²) in [5.74, 6) is 2.15. The molecule has 0 fully saturated rings. The van der Waals surface area contributed by atoms with Crippen LogP contribution in [0, 0.1) is 39.8 Å². The van der Waals surface area contributed by atoms with Gasteiger partial charge in [0, 0.05) is 39.6 Å². The van der Waals surface area contributed by atoms with Gasteiger partial charge in [-0.15, -0.1) is 51.8 Å². The summed E-state index contributed by atoms with van der Waals surface area (Å²) in [6.45, 7) is 8.49. The van der Waals surface area contributed by atoms with E-state index in [0.717, 1.165) is 49.3 Å². The fourth-order valence-corrected chi connectivity index (χ4v) is 6.91. The van der Waals surface area contributed by atoms with Crippen LogP contribution < -0.4 is 4.74 Å². The molecule has 206 valence electrons. The minimum Gasteiger partial charge on any atom is -0.503 e. The normalized spacial score (nSPS) is 11.6. The number of aryl methyl sites for hydroxylation is 4. The molecule has 0 aliphatic carbocycles. The number of hydrogen-bond acceptors (Lipinski definition) is 4. The van der Waals surface area contributed by atoms with Gasteiger partial charge in [-0.25, -0.2) is 4.98 Å². The van der Waals surface area contributed by atoms with E-state index in [1.165, 1.54) is 31.7 Å². The summed E-state index contributed by atoms with van der Waals surface area (Å²) in [7, 11) is 0. The zero-order chi connectivity index (χ0) is 27.8. The smallest absolute Gasteiger partial charge is 0.503 e. The first-order valence-electron chi connectivity index (χ1n) is 13.7. The fraction of sp³-hybridized carbons (Fsp3) is 0.111. The second kappa shape index (κ2) is 10.0. The Kier molecular flexibility index (Phi) is 6.41. The zero-order valence-corrected chi connectivity index (χ0v) is 26.6. The summed E-state index contributed by atoms with van der Waals surface area (Å²) < 4.78 is 11.1. The molecule has 42 heavy (non-hydrogen) atoms. The number of aromatic nitrogens is 3. The maximum Gasteiger partial charge on any atom is 2.00 e. The van der Waals surface area contributed by atoms with Crippen LogP contribution in [0.2, 0.25) is 0 Å². The number of ether oxygens (including phenoxy) is 1. The van der Waals surface area contributed by atoms with Crippen LogP contribution in [-0.2, 0) is 21.1 Å². The first-order valence-corrected chi connectivity index (χ1v) is 14.5. The quantitative estimate of drug-likeness (QED) is 0.169. The van der Waals surface area contributed by atoms with Crippen molar-refractivity contribution in [2.24, 2.45) is 0 Å². The molecule has 4 heterocycles. The molecule has 0 bridgehead atoms. The molecule has 0 unspecified atom stereocenters. The van der Waals surface area contributed by atoms with E-state index in [1.54, 1.807) is 11.3 Å². The van der Waals surface area contributed by atoms with Gasteiger partial charge in [-0.1, -0.05) is 47.3 Å². The van der Waals surface area contributed by atoms with Crippen LogP contribution in [0.1, 0.15) is 22.3 Å². The third-order valence-corrected chi connectivity index (χ3v) is 9.47. The van der Waals surface area contributed by atoms with E-state index in [2.05, 4.69) is 99.0 Å². The largest absolute Gasteiger partial charge is 2.00 e. The summed E-state index contributed by atoms with van der Waals surface area (Å²) in [4.78, 5) is 9.61. The molecule has 6 heteroatoms. The summed E-state index contributed by atoms with van der Waals surface area (Å²) >= 11 is 1.79. The van der Waals surface area contributed by atoms with E-state index >= 15 is 0 Å². The van der Waals surface area contributed by atoms with Crippen LogP contribution in [0.5, 0.6) is 11.5 Å². The van der Waals surface area contributed by atoms with Crippen molar-refractivity contribution in [1.29, 1.82) is 0 Å². The number of thiophene rings is 1. The predicted molar refractivity (Wildman–Crippen MR) is 170 cm³/mol. The first kappa shape index (κ1) is 26.8. The third-order valence-electron chi connectivity index (χ3n) is 8.21. The van der Waals surface area contributed by atoms with Crippen LogP contribution in [0.4, 0.5) is 0 Å². The Hall–Kier alpha value is -4.05. The Balaban J connectivity index is 0.00000288. The van der Waals surface area contributed by atoms with Crippen LogP contribution >= 0.6 is 11.3 Å². The van der Waals surface area contributed by atoms with Gasteiger partial charge in [0.25, 0.3) is 0 Å². The van der Waals surface area contributed by atoms with Gasteiger partial charge in [-0.3, -0.25) is 4.98 Å². The van der Waals surface area contributed by atoms with Gasteiger partial charge in [0.1, 0.15) is 5.82 Å². The molecular formula is C36H25N3OPtS. The van der Waals surface area contributed by atoms with Crippen molar-refractivity contribution in [2.75, 3.05) is 0 Å². The molecule has 4 aromatic carbocycles. The first-order chi connectivity index (χ1) is 20.0. The minimum atomic E-state index is 0. The summed E-state index contributed by atoms with van der Waals surface area (Å²) in [6, 6.07) is 30.2. The molecule has 0 saturated carbocycles. The standard InChI is InChI=1S/C36H25N3OS.Pt/c1-20-15-33(37-18-21(20)2)39-30-8-6-5-7-27(30)28-13-12-26(17-31(28)39)40-25-11-9-24-10-14-32-34(29(24)16-25)35-36(41-32)23(4)22(3)19-38-35;/h5-15,18-19H,1-4H3;/q-2;+2. The molecule has 0 amide bonds. The molecule has 0 saturated heterocycles. The second-order valence-electron chi connectivity index (χ2n) is 10.7. The molecule has 0 N–H and O–H groups in total. The van der Waals surface area contributed by atoms with Crippen molar-refractivity contribution < 1.29 is 25.8 Å². The van der Waals surface area contributed by atoms with Gasteiger partial charge in [-0.05, 0) is 72.2 Å². The van der Waals surface area contributed by atoms with Crippen molar-refractivity contribution in [3.05, 3.63) is 114 Å². The minimum absolute atomic E-state index is 0. The second-order valence-corrected chi connectivity index (χ2v) is 11.8. The van der Waals surface area contributed by atoms with Gasteiger partial charge in [0.15, 0.2) is 0 Å². The molecule has 0 aliphatic heterocycles. The number of pyridine rings is 2. The number of fused-ring (bicyclic) bond motifs is 8. The number of benzene rings is 4. The van der Waals surface area contributed by atoms with Gasteiger partial charge >= 0.3 is 21.1 Å². The van der Waals surface area contributed by atoms with Crippen molar-refractivity contribution >= 4 is 64.2 Å². The summed E-state index contributed by atoms with van der Waals surface area (Å²) in [5.41, 5.74) is 7.92. The topological polar surface area (TPSA) is 39.9 Å². The van der Waals surface area contributed by atoms with Gasteiger partial charge in [0.05, 0.1) is 0 Å². The Morgan fingerprint density at radius 2 is 1.52 bits per heavy atom. The molecule has 0 radical (unpaired) electrons. The summed E-state index contributed by atoms with van der Waals surface area (Å²) in [6.07, 6.45) is 3.90. The van der Waals surface area contributed by atoms with Crippen LogP contribution in [0.25, 0.3) is 58.7 Å². The Morgan fingerprint density at radius 1 is 0.762 bits per heavy atom. The van der Waals surface area contributed by atoms with Crippen LogP contribution in [0.15, 0.2) is 79.1 Å². The molecule has 8 rings (SSSR count). The van der Waals surface area contributed by atoms with Crippen LogP contribution in [0.3, 0.4) is 0 Å². The molecule has 0 atom stereocenters. The van der Waals surface area contributed by atoms with Crippen molar-refractivity contribution in [3.63, 3.8) is 0 Å². The Bertz CT molecular complexity index is 2350. The number of nitrogens with zero attached hydrogens (tertiary/aromatic N) is 3. The van der Waals surface area contributed by atoms with Crippen molar-refractivity contribution in [2.45, 2.75) is 27.7 Å². The predicted octanol–water partition coefficient (Wildman–Crippen LogP) is 9.72. The molecule has 0 aliphatic rings. The molecular weight excluding hydrogens is 718 g/mol. The van der Waals surface area contributed by atoms with E-state index in [0.29, 0.717) is 11.5 Å². The molecule has 0 spiro atoms. The Morgan fingerprint density at radius 3 is 2.38 bits per heavy atom. The number of hydrogen-bond donors (Lipinski definition) is 0. The maximum absolute atomic E-state index is 6.44. The van der Waals surface area contributed by atoms with E-state index < -0.39 is 0 Å². The molecule has 4 aromatic heterocycles. The molecule has 8 aromatic rings. The average molecular weight is 743 g/mol. The maximum atomic E-state index is 6.44. The van der Waals surface area contributed by atoms with E-state index in [4.69, 9.17) is 14.7 Å². The van der Waals surface area contributed by atoms with Gasteiger partial charge in [-0.2, -0.15) is 6.07 Å². The van der Waals surface area contributed by atoms with Gasteiger partial charge in [0.2, 0.25) is 0 Å². The molecule has 4 nitrogen and oxygen atoms in total. The fourth-order valence-electron chi connectivity index (χ4n) is 5.69. The van der Waals surface area contributed by atoms with E-state index in [9.17, 15) is 0 Å². The monoisotopic (exact) mass is 742 g/mol. The van der Waals surface area contributed by atoms with Crippen LogP contribution in [-0.4, -0.2) is 14.5 Å². The zero-order valence-electron chi connectivity index (χ0n) is 23.5. The Labute approximate surface area is 261 Å². The number of para-hydroxylation sites is 1. The average Bonchev–Trinajstić information content (AvgIpc) is 3.53. The SMILES string of the molecule is Cc1cnc(-n2c3[c-]c(Oc4[c-]c5c(cc4)ccc4sc6c(C)c(C)cnc6c45)ccc3c3ccccc32)cc1C.[Pt+2]. The van der Waals surface area contributed by atoms with Gasteiger partial charge < -0.3 is 9.30 Å².